The van der Waals surface area contributed by atoms with Gasteiger partial charge >= 0.3 is 0 Å². The van der Waals surface area contributed by atoms with E-state index < -0.39 is 61.4 Å². The Morgan fingerprint density at radius 1 is 1.10 bits per heavy atom. The van der Waals surface area contributed by atoms with Crippen molar-refractivity contribution in [1.29, 1.82) is 0 Å². The van der Waals surface area contributed by atoms with Crippen LogP contribution in [0.25, 0.3) is 11.2 Å². The third-order valence-corrected chi connectivity index (χ3v) is 5.39. The number of aromatic nitrogens is 4. The van der Waals surface area contributed by atoms with Crippen molar-refractivity contribution < 1.29 is 44.5 Å². The van der Waals surface area contributed by atoms with E-state index in [1.165, 1.54) is 0 Å². The summed E-state index contributed by atoms with van der Waals surface area (Å²) < 4.78 is 27.2. The van der Waals surface area contributed by atoms with Crippen LogP contribution in [0.4, 0.5) is 10.2 Å². The molecule has 4 rings (SSSR count). The normalized spacial score (nSPS) is 42.7. The molecule has 8 N–H and O–H groups in total. The number of rotatable bonds is 4. The maximum atomic E-state index is 15.2. The molecular weight excluding hydrogens is 397 g/mol. The van der Waals surface area contributed by atoms with E-state index in [1.54, 1.807) is 0 Å². The lowest BCUT2D eigenvalue weighted by Gasteiger charge is -2.40. The van der Waals surface area contributed by atoms with Crippen LogP contribution in [-0.4, -0.2) is 106 Å². The number of halogens is 1. The SMILES string of the molecule is Nc1ncnc2c1ncn2[C@]1(C2O[C@H](CO)[C@@H](O)[C@@]2(O)F)O[C@H](CO)[C@@H](O)[C@H]1O. The van der Waals surface area contributed by atoms with Crippen LogP contribution in [0.15, 0.2) is 12.7 Å². The minimum atomic E-state index is -3.53. The number of nitrogen functional groups attached to an aromatic ring is 1. The van der Waals surface area contributed by atoms with Gasteiger partial charge in [0.2, 0.25) is 5.72 Å². The molecule has 13 nitrogen and oxygen atoms in total. The molecule has 29 heavy (non-hydrogen) atoms. The number of alkyl halides is 1. The molecule has 14 heteroatoms. The Balaban J connectivity index is 1.96. The Bertz CT molecular complexity index is 914. The van der Waals surface area contributed by atoms with Gasteiger partial charge in [0.05, 0.1) is 19.5 Å². The monoisotopic (exact) mass is 417 g/mol. The third kappa shape index (κ3) is 2.58. The molecular formula is C15H20FN5O8. The number of hydrogen-bond acceptors (Lipinski definition) is 12. The van der Waals surface area contributed by atoms with E-state index in [1.807, 2.05) is 0 Å². The first kappa shape index (κ1) is 20.2. The molecule has 2 saturated heterocycles. The van der Waals surface area contributed by atoms with Gasteiger partial charge in [0.15, 0.2) is 17.6 Å². The first-order chi connectivity index (χ1) is 13.7. The highest BCUT2D eigenvalue weighted by molar-refractivity contribution is 5.81. The largest absolute Gasteiger partial charge is 0.394 e. The van der Waals surface area contributed by atoms with Gasteiger partial charge < -0.3 is 45.8 Å². The van der Waals surface area contributed by atoms with Gasteiger partial charge in [-0.1, -0.05) is 0 Å². The first-order valence-corrected chi connectivity index (χ1v) is 8.64. The predicted octanol–water partition coefficient (Wildman–Crippen LogP) is -4.05. The summed E-state index contributed by atoms with van der Waals surface area (Å²) in [6.45, 7) is -1.63. The Kier molecular flexibility index (Phi) is 4.71. The molecule has 2 fully saturated rings. The summed E-state index contributed by atoms with van der Waals surface area (Å²) in [6.07, 6.45) is -8.96. The van der Waals surface area contributed by atoms with Crippen molar-refractivity contribution >= 4 is 17.0 Å². The highest BCUT2D eigenvalue weighted by Gasteiger charge is 2.71. The molecule has 1 unspecified atom stereocenters. The summed E-state index contributed by atoms with van der Waals surface area (Å²) in [5.74, 6) is -3.58. The van der Waals surface area contributed by atoms with Crippen molar-refractivity contribution in [3.8, 4) is 0 Å². The van der Waals surface area contributed by atoms with Crippen molar-refractivity contribution in [3.05, 3.63) is 12.7 Å². The molecule has 2 aliphatic heterocycles. The van der Waals surface area contributed by atoms with Crippen molar-refractivity contribution in [2.45, 2.75) is 48.2 Å². The fraction of sp³-hybridized carbons (Fsp3) is 0.667. The molecule has 160 valence electrons. The zero-order valence-corrected chi connectivity index (χ0v) is 14.8. The zero-order chi connectivity index (χ0) is 21.1. The van der Waals surface area contributed by atoms with E-state index in [-0.39, 0.29) is 17.0 Å². The topological polar surface area (TPSA) is 209 Å². The summed E-state index contributed by atoms with van der Waals surface area (Å²) in [5, 5.41) is 60.5. The molecule has 2 aromatic rings. The van der Waals surface area contributed by atoms with Gasteiger partial charge in [-0.3, -0.25) is 4.57 Å². The fourth-order valence-corrected chi connectivity index (χ4v) is 3.92. The van der Waals surface area contributed by atoms with Gasteiger partial charge in [0.25, 0.3) is 5.85 Å². The number of imidazole rings is 1. The van der Waals surface area contributed by atoms with E-state index in [0.717, 1.165) is 17.2 Å². The lowest BCUT2D eigenvalue weighted by Crippen LogP contribution is -2.61. The van der Waals surface area contributed by atoms with Crippen LogP contribution in [0.3, 0.4) is 0 Å². The number of hydrogen-bond donors (Lipinski definition) is 7. The van der Waals surface area contributed by atoms with E-state index in [2.05, 4.69) is 15.0 Å². The molecule has 0 bridgehead atoms. The summed E-state index contributed by atoms with van der Waals surface area (Å²) in [6, 6.07) is 0. The molecule has 0 saturated carbocycles. The van der Waals surface area contributed by atoms with Crippen LogP contribution in [0.1, 0.15) is 0 Å². The van der Waals surface area contributed by atoms with E-state index in [9.17, 15) is 30.6 Å². The molecule has 0 radical (unpaired) electrons. The zero-order valence-electron chi connectivity index (χ0n) is 14.8. The first-order valence-electron chi connectivity index (χ1n) is 8.64. The maximum absolute atomic E-state index is 15.2. The number of nitrogens with zero attached hydrogens (tertiary/aromatic N) is 4. The highest BCUT2D eigenvalue weighted by Crippen LogP contribution is 2.49. The molecule has 0 aliphatic carbocycles. The number of anilines is 1. The lowest BCUT2D eigenvalue weighted by molar-refractivity contribution is -0.279. The van der Waals surface area contributed by atoms with Gasteiger partial charge in [-0.05, 0) is 0 Å². The Morgan fingerprint density at radius 3 is 2.38 bits per heavy atom. The summed E-state index contributed by atoms with van der Waals surface area (Å²) >= 11 is 0. The van der Waals surface area contributed by atoms with E-state index in [0.29, 0.717) is 0 Å². The maximum Gasteiger partial charge on any atom is 0.266 e. The van der Waals surface area contributed by atoms with Gasteiger partial charge in [-0.2, -0.15) is 0 Å². The van der Waals surface area contributed by atoms with Gasteiger partial charge in [0.1, 0.15) is 42.4 Å². The second-order valence-corrected chi connectivity index (χ2v) is 6.98. The van der Waals surface area contributed by atoms with Crippen molar-refractivity contribution in [3.63, 3.8) is 0 Å². The van der Waals surface area contributed by atoms with E-state index in [4.69, 9.17) is 15.2 Å². The lowest BCUT2D eigenvalue weighted by atomic mass is 9.90. The molecule has 4 heterocycles. The number of nitrogens with two attached hydrogens (primary N) is 1. The molecule has 2 aliphatic rings. The average Bonchev–Trinajstić information content (AvgIpc) is 3.31. The Labute approximate surface area is 161 Å². The average molecular weight is 417 g/mol. The van der Waals surface area contributed by atoms with Crippen molar-refractivity contribution in [1.82, 2.24) is 19.5 Å². The fourth-order valence-electron chi connectivity index (χ4n) is 3.92. The quantitative estimate of drug-likeness (QED) is 0.253. The smallest absolute Gasteiger partial charge is 0.266 e. The molecule has 0 spiro atoms. The second-order valence-electron chi connectivity index (χ2n) is 6.98. The van der Waals surface area contributed by atoms with Crippen LogP contribution in [0.2, 0.25) is 0 Å². The Hall–Kier alpha value is -2.04. The second kappa shape index (κ2) is 6.75. The van der Waals surface area contributed by atoms with Crippen LogP contribution >= 0.6 is 0 Å². The number of aliphatic hydroxyl groups is 6. The minimum absolute atomic E-state index is 0.0456. The number of ether oxygens (including phenoxy) is 2. The van der Waals surface area contributed by atoms with Crippen LogP contribution in [0.5, 0.6) is 0 Å². The van der Waals surface area contributed by atoms with Gasteiger partial charge in [0, 0.05) is 0 Å². The molecule has 0 amide bonds. The standard InChI is InChI=1S/C15H20FN5O8/c16-14(27)9(25)6(2-23)28-13(14)15(10(26)8(24)5(1-22)29-15)21-4-20-7-11(17)18-3-19-12(7)21/h3-6,8-10,13,22-27H,1-2H2,(H2,17,18,19)/t5-,6-,8-,9-,10-,13?,14+,15+/m1/s1. The van der Waals surface area contributed by atoms with Crippen molar-refractivity contribution in [2.75, 3.05) is 18.9 Å². The van der Waals surface area contributed by atoms with E-state index >= 15 is 4.39 Å². The summed E-state index contributed by atoms with van der Waals surface area (Å²) in [7, 11) is 0. The van der Waals surface area contributed by atoms with Crippen LogP contribution in [0, 0.1) is 0 Å². The molecule has 2 aromatic heterocycles. The predicted molar refractivity (Wildman–Crippen MR) is 89.5 cm³/mol. The van der Waals surface area contributed by atoms with Gasteiger partial charge in [-0.15, -0.1) is 0 Å². The molecule has 0 aromatic carbocycles. The minimum Gasteiger partial charge on any atom is -0.394 e. The molecule has 8 atom stereocenters. The van der Waals surface area contributed by atoms with Gasteiger partial charge in [-0.25, -0.2) is 19.3 Å². The number of fused-ring (bicyclic) bond motifs is 1. The summed E-state index contributed by atoms with van der Waals surface area (Å²) in [4.78, 5) is 11.8. The van der Waals surface area contributed by atoms with Crippen LogP contribution in [-0.2, 0) is 15.2 Å². The van der Waals surface area contributed by atoms with Crippen LogP contribution < -0.4 is 5.73 Å². The van der Waals surface area contributed by atoms with Crippen molar-refractivity contribution in [2.24, 2.45) is 0 Å². The number of aliphatic hydroxyl groups excluding tert-OH is 5. The summed E-state index contributed by atoms with van der Waals surface area (Å²) in [5.41, 5.74) is 3.28. The highest BCUT2D eigenvalue weighted by atomic mass is 19.2. The third-order valence-electron chi connectivity index (χ3n) is 5.39. The Morgan fingerprint density at radius 2 is 1.79 bits per heavy atom.